The number of benzene rings is 2. The number of ether oxygens (including phenoxy) is 1. The van der Waals surface area contributed by atoms with Gasteiger partial charge in [-0.05, 0) is 73.2 Å². The van der Waals surface area contributed by atoms with Crippen molar-refractivity contribution in [3.05, 3.63) is 65.5 Å². The van der Waals surface area contributed by atoms with Crippen LogP contribution >= 0.6 is 12.4 Å². The monoisotopic (exact) mass is 420 g/mol. The van der Waals surface area contributed by atoms with Crippen LogP contribution in [0.2, 0.25) is 0 Å². The molecule has 2 aromatic rings. The van der Waals surface area contributed by atoms with E-state index < -0.39 is 0 Å². The molecule has 1 aliphatic heterocycles. The zero-order valence-electron chi connectivity index (χ0n) is 16.8. The summed E-state index contributed by atoms with van der Waals surface area (Å²) in [6, 6.07) is 14.0. The second kappa shape index (κ2) is 11.8. The van der Waals surface area contributed by atoms with Gasteiger partial charge >= 0.3 is 0 Å². The van der Waals surface area contributed by atoms with Crippen molar-refractivity contribution in [2.75, 3.05) is 13.1 Å². The summed E-state index contributed by atoms with van der Waals surface area (Å²) in [5.74, 6) is 1.55. The van der Waals surface area contributed by atoms with Gasteiger partial charge in [0.2, 0.25) is 5.91 Å². The SMILES string of the molecule is CC(CC(=O)NCc1ccc(OCc2cccc(F)c2)cc1)C1CCCNC1.Cl. The number of carbonyl (C=O) groups is 1. The van der Waals surface area contributed by atoms with Gasteiger partial charge in [-0.15, -0.1) is 12.4 Å². The molecule has 2 unspecified atom stereocenters. The average Bonchev–Trinajstić information content (AvgIpc) is 2.72. The van der Waals surface area contributed by atoms with Crippen LogP contribution in [0.5, 0.6) is 5.75 Å². The van der Waals surface area contributed by atoms with Crippen LogP contribution in [0.3, 0.4) is 0 Å². The van der Waals surface area contributed by atoms with Gasteiger partial charge in [0.25, 0.3) is 0 Å². The zero-order valence-corrected chi connectivity index (χ0v) is 17.6. The molecule has 2 atom stereocenters. The third-order valence-electron chi connectivity index (χ3n) is 5.35. The minimum atomic E-state index is -0.263. The lowest BCUT2D eigenvalue weighted by Gasteiger charge is -2.28. The molecule has 158 valence electrons. The fourth-order valence-electron chi connectivity index (χ4n) is 3.59. The Bertz CT molecular complexity index is 764. The molecule has 4 nitrogen and oxygen atoms in total. The van der Waals surface area contributed by atoms with Gasteiger partial charge in [-0.2, -0.15) is 0 Å². The Balaban J connectivity index is 0.00000300. The van der Waals surface area contributed by atoms with Gasteiger partial charge in [-0.3, -0.25) is 4.79 Å². The number of carbonyl (C=O) groups excluding carboxylic acids is 1. The van der Waals surface area contributed by atoms with Crippen molar-refractivity contribution >= 4 is 18.3 Å². The summed E-state index contributed by atoms with van der Waals surface area (Å²) in [7, 11) is 0. The molecule has 29 heavy (non-hydrogen) atoms. The molecule has 0 radical (unpaired) electrons. The van der Waals surface area contributed by atoms with Gasteiger partial charge in [0, 0.05) is 13.0 Å². The average molecular weight is 421 g/mol. The van der Waals surface area contributed by atoms with Gasteiger partial charge in [0.05, 0.1) is 0 Å². The number of rotatable bonds is 8. The van der Waals surface area contributed by atoms with E-state index in [1.54, 1.807) is 6.07 Å². The van der Waals surface area contributed by atoms with E-state index in [9.17, 15) is 9.18 Å². The first-order valence-corrected chi connectivity index (χ1v) is 10.0. The lowest BCUT2D eigenvalue weighted by molar-refractivity contribution is -0.122. The number of amides is 1. The number of piperidine rings is 1. The summed E-state index contributed by atoms with van der Waals surface area (Å²) in [5.41, 5.74) is 1.82. The van der Waals surface area contributed by atoms with Crippen molar-refractivity contribution in [1.82, 2.24) is 10.6 Å². The molecular formula is C23H30ClFN2O2. The lowest BCUT2D eigenvalue weighted by atomic mass is 9.85. The molecule has 0 aliphatic carbocycles. The van der Waals surface area contributed by atoms with Gasteiger partial charge in [0.1, 0.15) is 18.2 Å². The molecule has 2 aromatic carbocycles. The van der Waals surface area contributed by atoms with Crippen LogP contribution in [-0.2, 0) is 17.9 Å². The van der Waals surface area contributed by atoms with Crippen LogP contribution in [0.25, 0.3) is 0 Å². The predicted octanol–water partition coefficient (Wildman–Crippen LogP) is 4.47. The third-order valence-corrected chi connectivity index (χ3v) is 5.35. The molecule has 0 bridgehead atoms. The molecule has 1 fully saturated rings. The van der Waals surface area contributed by atoms with Crippen molar-refractivity contribution in [2.24, 2.45) is 11.8 Å². The van der Waals surface area contributed by atoms with Crippen LogP contribution in [-0.4, -0.2) is 19.0 Å². The van der Waals surface area contributed by atoms with Crippen molar-refractivity contribution in [1.29, 1.82) is 0 Å². The van der Waals surface area contributed by atoms with Gasteiger partial charge < -0.3 is 15.4 Å². The fraction of sp³-hybridized carbons (Fsp3) is 0.435. The highest BCUT2D eigenvalue weighted by Gasteiger charge is 2.21. The number of nitrogens with one attached hydrogen (secondary N) is 2. The van der Waals surface area contributed by atoms with Crippen molar-refractivity contribution < 1.29 is 13.9 Å². The lowest BCUT2D eigenvalue weighted by Crippen LogP contribution is -2.35. The molecule has 3 rings (SSSR count). The summed E-state index contributed by atoms with van der Waals surface area (Å²) < 4.78 is 18.9. The van der Waals surface area contributed by atoms with E-state index >= 15 is 0 Å². The maximum Gasteiger partial charge on any atom is 0.220 e. The van der Waals surface area contributed by atoms with E-state index in [0.29, 0.717) is 31.4 Å². The van der Waals surface area contributed by atoms with Crippen molar-refractivity contribution in [2.45, 2.75) is 39.3 Å². The van der Waals surface area contributed by atoms with E-state index in [1.165, 1.54) is 25.0 Å². The van der Waals surface area contributed by atoms with Gasteiger partial charge in [-0.1, -0.05) is 31.2 Å². The van der Waals surface area contributed by atoms with Gasteiger partial charge in [-0.25, -0.2) is 4.39 Å². The van der Waals surface area contributed by atoms with E-state index in [4.69, 9.17) is 4.74 Å². The topological polar surface area (TPSA) is 50.4 Å². The van der Waals surface area contributed by atoms with Crippen LogP contribution < -0.4 is 15.4 Å². The van der Waals surface area contributed by atoms with Crippen LogP contribution in [0.4, 0.5) is 4.39 Å². The molecule has 1 amide bonds. The molecule has 1 heterocycles. The highest BCUT2D eigenvalue weighted by Crippen LogP contribution is 2.22. The zero-order chi connectivity index (χ0) is 19.8. The number of hydrogen-bond donors (Lipinski definition) is 2. The Labute approximate surface area is 178 Å². The Kier molecular flexibility index (Phi) is 9.42. The summed E-state index contributed by atoms with van der Waals surface area (Å²) in [4.78, 5) is 12.2. The molecule has 0 saturated carbocycles. The Morgan fingerprint density at radius 1 is 1.24 bits per heavy atom. The summed E-state index contributed by atoms with van der Waals surface area (Å²) in [6.07, 6.45) is 2.98. The van der Waals surface area contributed by atoms with E-state index in [-0.39, 0.29) is 24.1 Å². The first kappa shape index (κ1) is 23.2. The summed E-state index contributed by atoms with van der Waals surface area (Å²) in [6.45, 7) is 5.12. The summed E-state index contributed by atoms with van der Waals surface area (Å²) in [5, 5.41) is 6.42. The standard InChI is InChI=1S/C23H29FN2O2.ClH/c1-17(20-5-3-11-25-15-20)12-23(27)26-14-18-7-9-22(10-8-18)28-16-19-4-2-6-21(24)13-19;/h2,4,6-10,13,17,20,25H,3,5,11-12,14-16H2,1H3,(H,26,27);1H. The van der Waals surface area contributed by atoms with Gasteiger partial charge in [0.15, 0.2) is 0 Å². The summed E-state index contributed by atoms with van der Waals surface area (Å²) >= 11 is 0. The largest absolute Gasteiger partial charge is 0.489 e. The van der Waals surface area contributed by atoms with Crippen LogP contribution in [0.15, 0.2) is 48.5 Å². The fourth-order valence-corrected chi connectivity index (χ4v) is 3.59. The number of halogens is 2. The Morgan fingerprint density at radius 2 is 2.03 bits per heavy atom. The highest BCUT2D eigenvalue weighted by atomic mass is 35.5. The van der Waals surface area contributed by atoms with E-state index in [1.807, 2.05) is 30.3 Å². The highest BCUT2D eigenvalue weighted by molar-refractivity contribution is 5.85. The maximum atomic E-state index is 13.2. The Hall–Kier alpha value is -2.11. The molecule has 1 aliphatic rings. The van der Waals surface area contributed by atoms with Crippen LogP contribution in [0.1, 0.15) is 37.3 Å². The minimum Gasteiger partial charge on any atom is -0.489 e. The van der Waals surface area contributed by atoms with E-state index in [2.05, 4.69) is 17.6 Å². The molecule has 2 N–H and O–H groups in total. The normalized spacial score (nSPS) is 17.1. The quantitative estimate of drug-likeness (QED) is 0.662. The van der Waals surface area contributed by atoms with Crippen LogP contribution in [0, 0.1) is 17.7 Å². The molecule has 1 saturated heterocycles. The first-order chi connectivity index (χ1) is 13.6. The van der Waals surface area contributed by atoms with Crippen molar-refractivity contribution in [3.63, 3.8) is 0 Å². The van der Waals surface area contributed by atoms with Crippen molar-refractivity contribution in [3.8, 4) is 5.75 Å². The molecule has 0 aromatic heterocycles. The second-order valence-corrected chi connectivity index (χ2v) is 7.63. The molecule has 6 heteroatoms. The predicted molar refractivity (Wildman–Crippen MR) is 116 cm³/mol. The maximum absolute atomic E-state index is 13.2. The smallest absolute Gasteiger partial charge is 0.220 e. The van der Waals surface area contributed by atoms with E-state index in [0.717, 1.165) is 30.0 Å². The Morgan fingerprint density at radius 3 is 2.72 bits per heavy atom. The third kappa shape index (κ3) is 7.67. The number of hydrogen-bond acceptors (Lipinski definition) is 3. The minimum absolute atomic E-state index is 0. The molecular weight excluding hydrogens is 391 g/mol. The molecule has 0 spiro atoms. The first-order valence-electron chi connectivity index (χ1n) is 10.0. The second-order valence-electron chi connectivity index (χ2n) is 7.63.